The molecule has 0 N–H and O–H groups in total. The van der Waals surface area contributed by atoms with Crippen molar-refractivity contribution in [3.8, 4) is 0 Å². The summed E-state index contributed by atoms with van der Waals surface area (Å²) in [5, 5.41) is 0. The predicted octanol–water partition coefficient (Wildman–Crippen LogP) is 2.83. The summed E-state index contributed by atoms with van der Waals surface area (Å²) in [6.07, 6.45) is 3.57. The van der Waals surface area contributed by atoms with Crippen molar-refractivity contribution < 1.29 is 4.74 Å². The molecule has 0 radical (unpaired) electrons. The molecule has 1 rings (SSSR count). The van der Waals surface area contributed by atoms with Crippen molar-refractivity contribution in [3.05, 3.63) is 0 Å². The second kappa shape index (κ2) is 6.87. The van der Waals surface area contributed by atoms with Crippen LogP contribution in [0.15, 0.2) is 0 Å². The Labute approximate surface area is 106 Å². The van der Waals surface area contributed by atoms with E-state index in [0.717, 1.165) is 25.5 Å². The molecule has 2 nitrogen and oxygen atoms in total. The maximum absolute atomic E-state index is 5.48. The summed E-state index contributed by atoms with van der Waals surface area (Å²) in [4.78, 5) is 2.60. The van der Waals surface area contributed by atoms with E-state index in [4.69, 9.17) is 4.74 Å². The zero-order chi connectivity index (χ0) is 12.0. The van der Waals surface area contributed by atoms with E-state index in [0.29, 0.717) is 11.5 Å². The van der Waals surface area contributed by atoms with Crippen molar-refractivity contribution in [2.45, 2.75) is 46.1 Å². The molecule has 0 aromatic heterocycles. The third kappa shape index (κ3) is 3.64. The zero-order valence-electron chi connectivity index (χ0n) is 11.0. The Morgan fingerprint density at radius 2 is 1.94 bits per heavy atom. The Bertz CT molecular complexity index is 192. The lowest BCUT2D eigenvalue weighted by Gasteiger charge is -2.41. The van der Waals surface area contributed by atoms with Crippen LogP contribution in [0.4, 0.5) is 0 Å². The maximum atomic E-state index is 5.48. The lowest BCUT2D eigenvalue weighted by Crippen LogP contribution is -2.45. The second-order valence-electron chi connectivity index (χ2n) is 5.09. The fourth-order valence-corrected chi connectivity index (χ4v) is 2.86. The van der Waals surface area contributed by atoms with Crippen LogP contribution in [0, 0.1) is 5.41 Å². The number of hydrogen-bond acceptors (Lipinski definition) is 3. The summed E-state index contributed by atoms with van der Waals surface area (Å²) in [7, 11) is 0. The third-order valence-electron chi connectivity index (χ3n) is 4.05. The quantitative estimate of drug-likeness (QED) is 0.723. The van der Waals surface area contributed by atoms with Crippen molar-refractivity contribution in [2.24, 2.45) is 5.41 Å². The molecule has 0 amide bonds. The maximum Gasteiger partial charge on any atom is 0.0472 e. The number of rotatable bonds is 6. The molecule has 1 aliphatic heterocycles. The molecule has 1 heterocycles. The van der Waals surface area contributed by atoms with Crippen LogP contribution < -0.4 is 0 Å². The summed E-state index contributed by atoms with van der Waals surface area (Å²) < 4.78 is 5.48. The molecule has 0 aromatic rings. The summed E-state index contributed by atoms with van der Waals surface area (Å²) in [6.45, 7) is 11.0. The van der Waals surface area contributed by atoms with Crippen molar-refractivity contribution in [2.75, 3.05) is 32.1 Å². The van der Waals surface area contributed by atoms with Gasteiger partial charge in [-0.2, -0.15) is 12.6 Å². The van der Waals surface area contributed by atoms with Crippen LogP contribution in [0.25, 0.3) is 0 Å². The molecule has 0 spiro atoms. The summed E-state index contributed by atoms with van der Waals surface area (Å²) in [5.41, 5.74) is 0.390. The minimum atomic E-state index is 0.390. The first-order valence-corrected chi connectivity index (χ1v) is 7.23. The van der Waals surface area contributed by atoms with Crippen LogP contribution in [0.3, 0.4) is 0 Å². The molecule has 16 heavy (non-hydrogen) atoms. The molecular weight excluding hydrogens is 218 g/mol. The van der Waals surface area contributed by atoms with Crippen molar-refractivity contribution in [3.63, 3.8) is 0 Å². The Hall–Kier alpha value is 0.270. The topological polar surface area (TPSA) is 12.5 Å². The molecule has 0 saturated carbocycles. The molecule has 1 saturated heterocycles. The van der Waals surface area contributed by atoms with Gasteiger partial charge in [-0.3, -0.25) is 0 Å². The van der Waals surface area contributed by atoms with Crippen molar-refractivity contribution >= 4 is 12.6 Å². The van der Waals surface area contributed by atoms with Gasteiger partial charge < -0.3 is 9.64 Å². The summed E-state index contributed by atoms with van der Waals surface area (Å²) in [6, 6.07) is 0.685. The molecule has 1 fully saturated rings. The fraction of sp³-hybridized carbons (Fsp3) is 1.00. The average molecular weight is 245 g/mol. The molecule has 0 aromatic carbocycles. The van der Waals surface area contributed by atoms with E-state index >= 15 is 0 Å². The lowest BCUT2D eigenvalue weighted by molar-refractivity contribution is 0.00205. The first kappa shape index (κ1) is 14.3. The minimum absolute atomic E-state index is 0.390. The van der Waals surface area contributed by atoms with E-state index in [1.807, 2.05) is 0 Å². The minimum Gasteiger partial charge on any atom is -0.381 e. The first-order valence-electron chi connectivity index (χ1n) is 6.60. The number of thiol groups is 1. The molecule has 0 bridgehead atoms. The molecule has 0 aliphatic carbocycles. The highest BCUT2D eigenvalue weighted by Gasteiger charge is 2.33. The summed E-state index contributed by atoms with van der Waals surface area (Å²) in [5.74, 6) is 0.989. The van der Waals surface area contributed by atoms with E-state index in [2.05, 4.69) is 38.3 Å². The van der Waals surface area contributed by atoms with E-state index in [1.54, 1.807) is 0 Å². The van der Waals surface area contributed by atoms with E-state index in [9.17, 15) is 0 Å². The van der Waals surface area contributed by atoms with Crippen LogP contribution in [-0.4, -0.2) is 43.0 Å². The Morgan fingerprint density at radius 1 is 1.31 bits per heavy atom. The average Bonchev–Trinajstić information content (AvgIpc) is 2.36. The van der Waals surface area contributed by atoms with Crippen LogP contribution in [0.2, 0.25) is 0 Å². The van der Waals surface area contributed by atoms with Crippen molar-refractivity contribution in [1.82, 2.24) is 4.90 Å². The van der Waals surface area contributed by atoms with E-state index in [-0.39, 0.29) is 0 Å². The number of ether oxygens (including phenoxy) is 1. The third-order valence-corrected chi connectivity index (χ3v) is 4.72. The number of nitrogens with zero attached hydrogens (tertiary/aromatic N) is 1. The standard InChI is InChI=1S/C13H27NOS/c1-4-12(3)14(5-2)10-13(11-16)6-8-15-9-7-13/h12,16H,4-11H2,1-3H3. The van der Waals surface area contributed by atoms with E-state index < -0.39 is 0 Å². The fourth-order valence-electron chi connectivity index (χ4n) is 2.44. The highest BCUT2D eigenvalue weighted by atomic mass is 32.1. The second-order valence-corrected chi connectivity index (χ2v) is 5.41. The zero-order valence-corrected chi connectivity index (χ0v) is 11.9. The Morgan fingerprint density at radius 3 is 2.38 bits per heavy atom. The first-order chi connectivity index (χ1) is 7.67. The molecule has 1 unspecified atom stereocenters. The van der Waals surface area contributed by atoms with Crippen LogP contribution >= 0.6 is 12.6 Å². The molecular formula is C13H27NOS. The van der Waals surface area contributed by atoms with Crippen LogP contribution in [0.1, 0.15) is 40.0 Å². The van der Waals surface area contributed by atoms with Gasteiger partial charge in [0.25, 0.3) is 0 Å². The van der Waals surface area contributed by atoms with Gasteiger partial charge in [-0.1, -0.05) is 13.8 Å². The van der Waals surface area contributed by atoms with Gasteiger partial charge in [0.05, 0.1) is 0 Å². The largest absolute Gasteiger partial charge is 0.381 e. The highest BCUT2D eigenvalue weighted by molar-refractivity contribution is 7.80. The van der Waals surface area contributed by atoms with Gasteiger partial charge in [0.15, 0.2) is 0 Å². The van der Waals surface area contributed by atoms with Gasteiger partial charge >= 0.3 is 0 Å². The molecule has 1 aliphatic rings. The number of hydrogen-bond donors (Lipinski definition) is 1. The molecule has 96 valence electrons. The smallest absolute Gasteiger partial charge is 0.0472 e. The van der Waals surface area contributed by atoms with Gasteiger partial charge in [-0.25, -0.2) is 0 Å². The summed E-state index contributed by atoms with van der Waals surface area (Å²) >= 11 is 4.58. The van der Waals surface area contributed by atoms with Gasteiger partial charge in [-0.15, -0.1) is 0 Å². The van der Waals surface area contributed by atoms with Gasteiger partial charge in [-0.05, 0) is 43.9 Å². The lowest BCUT2D eigenvalue weighted by atomic mass is 9.81. The Balaban J connectivity index is 2.58. The highest BCUT2D eigenvalue weighted by Crippen LogP contribution is 2.33. The van der Waals surface area contributed by atoms with Gasteiger partial charge in [0.1, 0.15) is 0 Å². The Kier molecular flexibility index (Phi) is 6.16. The van der Waals surface area contributed by atoms with Crippen LogP contribution in [0.5, 0.6) is 0 Å². The normalized spacial score (nSPS) is 22.3. The van der Waals surface area contributed by atoms with Gasteiger partial charge in [0.2, 0.25) is 0 Å². The van der Waals surface area contributed by atoms with Crippen LogP contribution in [-0.2, 0) is 4.74 Å². The monoisotopic (exact) mass is 245 g/mol. The SMILES string of the molecule is CCC(C)N(CC)CC1(CS)CCOCC1. The molecule has 1 atom stereocenters. The van der Waals surface area contributed by atoms with Crippen molar-refractivity contribution in [1.29, 1.82) is 0 Å². The van der Waals surface area contributed by atoms with Gasteiger partial charge in [0, 0.05) is 25.8 Å². The molecule has 3 heteroatoms. The van der Waals surface area contributed by atoms with E-state index in [1.165, 1.54) is 25.8 Å². The predicted molar refractivity (Wildman–Crippen MR) is 73.3 cm³/mol.